The molecule has 1 rings (SSSR count). The minimum atomic E-state index is -1.38. The van der Waals surface area contributed by atoms with E-state index in [1.165, 1.54) is 6.07 Å². The maximum atomic E-state index is 12.0. The van der Waals surface area contributed by atoms with Crippen LogP contribution in [0.2, 0.25) is 5.02 Å². The van der Waals surface area contributed by atoms with Gasteiger partial charge in [0.15, 0.2) is 0 Å². The monoisotopic (exact) mass is 363 g/mol. The normalized spacial score (nSPS) is 11.6. The van der Waals surface area contributed by atoms with Crippen molar-refractivity contribution in [3.63, 3.8) is 0 Å². The average molecular weight is 365 g/mol. The van der Waals surface area contributed by atoms with Crippen molar-refractivity contribution in [2.24, 2.45) is 0 Å². The molecule has 0 spiro atoms. The Morgan fingerprint density at radius 2 is 2.10 bits per heavy atom. The topological polar surface area (TPSA) is 92.7 Å². The van der Waals surface area contributed by atoms with Gasteiger partial charge < -0.3 is 15.2 Å². The molecule has 0 aliphatic heterocycles. The Morgan fingerprint density at radius 1 is 1.45 bits per heavy atom. The van der Waals surface area contributed by atoms with E-state index in [2.05, 4.69) is 26.0 Å². The number of hydrogen-bond donors (Lipinski definition) is 2. The highest BCUT2D eigenvalue weighted by molar-refractivity contribution is 9.10. The second-order valence-electron chi connectivity index (χ2n) is 3.75. The van der Waals surface area contributed by atoms with E-state index < -0.39 is 30.3 Å². The molecule has 0 unspecified atom stereocenters. The van der Waals surface area contributed by atoms with Crippen molar-refractivity contribution < 1.29 is 24.2 Å². The van der Waals surface area contributed by atoms with E-state index in [0.717, 1.165) is 7.11 Å². The van der Waals surface area contributed by atoms with Gasteiger partial charge in [-0.15, -0.1) is 0 Å². The van der Waals surface area contributed by atoms with E-state index in [0.29, 0.717) is 4.47 Å². The highest BCUT2D eigenvalue weighted by atomic mass is 79.9. The molecule has 1 aromatic carbocycles. The van der Waals surface area contributed by atoms with Crippen molar-refractivity contribution in [1.82, 2.24) is 5.32 Å². The van der Waals surface area contributed by atoms with Gasteiger partial charge in [0.25, 0.3) is 5.91 Å². The first-order valence-electron chi connectivity index (χ1n) is 5.41. The van der Waals surface area contributed by atoms with E-state index in [1.54, 1.807) is 12.1 Å². The highest BCUT2D eigenvalue weighted by Crippen LogP contribution is 2.25. The molecule has 6 nitrogen and oxygen atoms in total. The number of halogens is 2. The number of esters is 1. The van der Waals surface area contributed by atoms with Crippen LogP contribution in [0.4, 0.5) is 0 Å². The first kappa shape index (κ1) is 16.5. The van der Waals surface area contributed by atoms with Crippen LogP contribution in [0.3, 0.4) is 0 Å². The lowest BCUT2D eigenvalue weighted by atomic mass is 10.1. The zero-order valence-corrected chi connectivity index (χ0v) is 12.7. The molecular weight excluding hydrogens is 353 g/mol. The standard InChI is InChI=1S/C12H11BrClNO5/c1-20-9(16)5-8(12(18)19)15-11(17)6-3-2-4-7(13)10(6)14/h2-4,8H,5H2,1H3,(H,15,17)(H,18,19)/t8-/m0/s1. The predicted octanol–water partition coefficient (Wildman–Crippen LogP) is 1.85. The maximum Gasteiger partial charge on any atom is 0.326 e. The molecule has 0 fully saturated rings. The third-order valence-electron chi connectivity index (χ3n) is 2.40. The Kier molecular flexibility index (Phi) is 5.97. The quantitative estimate of drug-likeness (QED) is 0.778. The van der Waals surface area contributed by atoms with Gasteiger partial charge in [0, 0.05) is 4.47 Å². The lowest BCUT2D eigenvalue weighted by Crippen LogP contribution is -2.42. The number of carboxylic acid groups (broad SMARTS) is 1. The molecule has 0 bridgehead atoms. The van der Waals surface area contributed by atoms with Crippen molar-refractivity contribution in [1.29, 1.82) is 0 Å². The number of rotatable bonds is 5. The van der Waals surface area contributed by atoms with Crippen LogP contribution in [0.25, 0.3) is 0 Å². The molecular formula is C12H11BrClNO5. The van der Waals surface area contributed by atoms with Crippen LogP contribution in [0.15, 0.2) is 22.7 Å². The zero-order chi connectivity index (χ0) is 15.3. The molecule has 1 aromatic rings. The number of carbonyl (C=O) groups excluding carboxylic acids is 2. The maximum absolute atomic E-state index is 12.0. The highest BCUT2D eigenvalue weighted by Gasteiger charge is 2.25. The molecule has 108 valence electrons. The number of carbonyl (C=O) groups is 3. The van der Waals surface area contributed by atoms with Crippen LogP contribution in [-0.4, -0.2) is 36.1 Å². The predicted molar refractivity (Wildman–Crippen MR) is 74.7 cm³/mol. The molecule has 0 saturated carbocycles. The smallest absolute Gasteiger partial charge is 0.326 e. The summed E-state index contributed by atoms with van der Waals surface area (Å²) in [6.45, 7) is 0. The molecule has 20 heavy (non-hydrogen) atoms. The van der Waals surface area contributed by atoms with Gasteiger partial charge in [0.1, 0.15) is 6.04 Å². The second-order valence-corrected chi connectivity index (χ2v) is 4.98. The second kappa shape index (κ2) is 7.25. The van der Waals surface area contributed by atoms with Gasteiger partial charge in [-0.3, -0.25) is 9.59 Å². The van der Waals surface area contributed by atoms with Crippen LogP contribution in [0.1, 0.15) is 16.8 Å². The fraction of sp³-hybridized carbons (Fsp3) is 0.250. The SMILES string of the molecule is COC(=O)C[C@H](NC(=O)c1cccc(Br)c1Cl)C(=O)O. The number of nitrogens with one attached hydrogen (secondary N) is 1. The van der Waals surface area contributed by atoms with Crippen molar-refractivity contribution in [2.45, 2.75) is 12.5 Å². The molecule has 0 aromatic heterocycles. The Balaban J connectivity index is 2.88. The molecule has 0 radical (unpaired) electrons. The fourth-order valence-corrected chi connectivity index (χ4v) is 1.94. The Bertz CT molecular complexity index is 549. The first-order valence-corrected chi connectivity index (χ1v) is 6.58. The van der Waals surface area contributed by atoms with Crippen molar-refractivity contribution in [3.8, 4) is 0 Å². The Hall–Kier alpha value is -1.60. The summed E-state index contributed by atoms with van der Waals surface area (Å²) in [7, 11) is 1.13. The number of amides is 1. The van der Waals surface area contributed by atoms with Crippen molar-refractivity contribution >= 4 is 45.4 Å². The van der Waals surface area contributed by atoms with E-state index in [-0.39, 0.29) is 10.6 Å². The molecule has 1 amide bonds. The molecule has 8 heteroatoms. The number of hydrogen-bond acceptors (Lipinski definition) is 4. The third kappa shape index (κ3) is 4.21. The molecule has 0 heterocycles. The first-order chi connectivity index (χ1) is 9.36. The summed E-state index contributed by atoms with van der Waals surface area (Å²) in [5.41, 5.74) is 0.108. The summed E-state index contributed by atoms with van der Waals surface area (Å²) in [5, 5.41) is 11.4. The van der Waals surface area contributed by atoms with Crippen LogP contribution in [0, 0.1) is 0 Å². The summed E-state index contributed by atoms with van der Waals surface area (Å²) < 4.78 is 4.88. The van der Waals surface area contributed by atoms with Gasteiger partial charge in [-0.2, -0.15) is 0 Å². The van der Waals surface area contributed by atoms with E-state index >= 15 is 0 Å². The number of benzene rings is 1. The van der Waals surface area contributed by atoms with Gasteiger partial charge in [0.2, 0.25) is 0 Å². The minimum Gasteiger partial charge on any atom is -0.480 e. The number of carboxylic acids is 1. The fourth-order valence-electron chi connectivity index (χ4n) is 1.37. The van der Waals surface area contributed by atoms with Crippen LogP contribution in [-0.2, 0) is 14.3 Å². The summed E-state index contributed by atoms with van der Waals surface area (Å²) in [4.78, 5) is 34.1. The van der Waals surface area contributed by atoms with Gasteiger partial charge >= 0.3 is 11.9 Å². The van der Waals surface area contributed by atoms with Crippen LogP contribution < -0.4 is 5.32 Å². The molecule has 2 N–H and O–H groups in total. The number of methoxy groups -OCH3 is 1. The molecule has 1 atom stereocenters. The van der Waals surface area contributed by atoms with Crippen LogP contribution >= 0.6 is 27.5 Å². The molecule has 0 saturated heterocycles. The largest absolute Gasteiger partial charge is 0.480 e. The summed E-state index contributed by atoms with van der Waals surface area (Å²) >= 11 is 9.10. The van der Waals surface area contributed by atoms with Crippen molar-refractivity contribution in [2.75, 3.05) is 7.11 Å². The Labute approximate surface area is 128 Å². The summed E-state index contributed by atoms with van der Waals surface area (Å²) in [6, 6.07) is 3.29. The lowest BCUT2D eigenvalue weighted by molar-refractivity contribution is -0.147. The minimum absolute atomic E-state index is 0.108. The Morgan fingerprint density at radius 3 is 2.65 bits per heavy atom. The summed E-state index contributed by atoms with van der Waals surface area (Å²) in [5.74, 6) is -2.76. The van der Waals surface area contributed by atoms with E-state index in [1.807, 2.05) is 0 Å². The van der Waals surface area contributed by atoms with Gasteiger partial charge in [-0.05, 0) is 28.1 Å². The van der Waals surface area contributed by atoms with Gasteiger partial charge in [-0.25, -0.2) is 4.79 Å². The lowest BCUT2D eigenvalue weighted by Gasteiger charge is -2.14. The van der Waals surface area contributed by atoms with Crippen molar-refractivity contribution in [3.05, 3.63) is 33.3 Å². The number of aliphatic carboxylic acids is 1. The molecule has 0 aliphatic carbocycles. The third-order valence-corrected chi connectivity index (χ3v) is 3.69. The van der Waals surface area contributed by atoms with E-state index in [9.17, 15) is 14.4 Å². The summed E-state index contributed by atoms with van der Waals surface area (Å²) in [6.07, 6.45) is -0.469. The van der Waals surface area contributed by atoms with Crippen LogP contribution in [0.5, 0.6) is 0 Å². The molecule has 0 aliphatic rings. The van der Waals surface area contributed by atoms with Gasteiger partial charge in [0.05, 0.1) is 24.1 Å². The van der Waals surface area contributed by atoms with Gasteiger partial charge in [-0.1, -0.05) is 17.7 Å². The van der Waals surface area contributed by atoms with E-state index in [4.69, 9.17) is 16.7 Å². The zero-order valence-electron chi connectivity index (χ0n) is 10.4. The average Bonchev–Trinajstić information content (AvgIpc) is 2.40. The number of ether oxygens (including phenoxy) is 1.